The molecule has 0 bridgehead atoms. The molecule has 2 nitrogen and oxygen atoms in total. The Morgan fingerprint density at radius 3 is 2.71 bits per heavy atom. The number of thiophene rings is 1. The molecular formula is C14H12N2S. The molecule has 2 aromatic heterocycles. The van der Waals surface area contributed by atoms with Gasteiger partial charge < -0.3 is 0 Å². The fourth-order valence-electron chi connectivity index (χ4n) is 1.81. The van der Waals surface area contributed by atoms with E-state index in [9.17, 15) is 0 Å². The molecule has 0 atom stereocenters. The molecule has 0 saturated heterocycles. The van der Waals surface area contributed by atoms with E-state index in [1.54, 1.807) is 11.3 Å². The molecule has 0 aliphatic rings. The van der Waals surface area contributed by atoms with Crippen molar-refractivity contribution in [2.45, 2.75) is 6.42 Å². The van der Waals surface area contributed by atoms with E-state index < -0.39 is 0 Å². The monoisotopic (exact) mass is 240 g/mol. The second kappa shape index (κ2) is 4.55. The van der Waals surface area contributed by atoms with Crippen molar-refractivity contribution in [3.8, 4) is 11.3 Å². The van der Waals surface area contributed by atoms with Crippen LogP contribution in [0, 0.1) is 0 Å². The lowest BCUT2D eigenvalue weighted by atomic mass is 10.1. The van der Waals surface area contributed by atoms with Crippen molar-refractivity contribution in [1.82, 2.24) is 10.2 Å². The van der Waals surface area contributed by atoms with Crippen LogP contribution in [0.25, 0.3) is 11.3 Å². The molecule has 0 fully saturated rings. The Hall–Kier alpha value is -1.87. The van der Waals surface area contributed by atoms with Crippen LogP contribution in [0.4, 0.5) is 0 Å². The zero-order valence-electron chi connectivity index (χ0n) is 9.26. The van der Waals surface area contributed by atoms with Crippen molar-refractivity contribution < 1.29 is 0 Å². The zero-order chi connectivity index (χ0) is 11.5. The Balaban J connectivity index is 1.84. The number of rotatable bonds is 3. The van der Waals surface area contributed by atoms with Crippen molar-refractivity contribution in [3.05, 3.63) is 64.5 Å². The average Bonchev–Trinajstić information content (AvgIpc) is 3.02. The van der Waals surface area contributed by atoms with Crippen LogP contribution in [-0.4, -0.2) is 10.2 Å². The van der Waals surface area contributed by atoms with Crippen LogP contribution >= 0.6 is 11.3 Å². The lowest BCUT2D eigenvalue weighted by molar-refractivity contribution is 1.01. The first-order chi connectivity index (χ1) is 8.42. The fraction of sp³-hybridized carbons (Fsp3) is 0.0714. The SMILES string of the molecule is c1ccc(-c2cc(Cc3cccs3)[nH]n2)cc1. The van der Waals surface area contributed by atoms with Gasteiger partial charge in [-0.2, -0.15) is 5.10 Å². The number of nitrogens with zero attached hydrogens (tertiary/aromatic N) is 1. The fourth-order valence-corrected chi connectivity index (χ4v) is 2.54. The average molecular weight is 240 g/mol. The van der Waals surface area contributed by atoms with Gasteiger partial charge in [0.1, 0.15) is 0 Å². The summed E-state index contributed by atoms with van der Waals surface area (Å²) in [7, 11) is 0. The van der Waals surface area contributed by atoms with Crippen molar-refractivity contribution >= 4 is 11.3 Å². The summed E-state index contributed by atoms with van der Waals surface area (Å²) in [5.41, 5.74) is 3.32. The molecule has 84 valence electrons. The lowest BCUT2D eigenvalue weighted by Crippen LogP contribution is -1.83. The van der Waals surface area contributed by atoms with Gasteiger partial charge in [0.05, 0.1) is 5.69 Å². The minimum Gasteiger partial charge on any atom is -0.282 e. The molecule has 17 heavy (non-hydrogen) atoms. The Bertz CT molecular complexity index is 582. The summed E-state index contributed by atoms with van der Waals surface area (Å²) < 4.78 is 0. The van der Waals surface area contributed by atoms with Gasteiger partial charge in [-0.15, -0.1) is 11.3 Å². The van der Waals surface area contributed by atoms with Gasteiger partial charge in [-0.3, -0.25) is 5.10 Å². The van der Waals surface area contributed by atoms with E-state index in [4.69, 9.17) is 0 Å². The van der Waals surface area contributed by atoms with Crippen LogP contribution in [-0.2, 0) is 6.42 Å². The van der Waals surface area contributed by atoms with Crippen molar-refractivity contribution in [2.75, 3.05) is 0 Å². The number of hydrogen-bond donors (Lipinski definition) is 1. The molecule has 1 aromatic carbocycles. The third-order valence-electron chi connectivity index (χ3n) is 2.65. The summed E-state index contributed by atoms with van der Waals surface area (Å²) in [6.45, 7) is 0. The van der Waals surface area contributed by atoms with E-state index in [0.717, 1.165) is 23.4 Å². The molecule has 0 radical (unpaired) electrons. The predicted octanol–water partition coefficient (Wildman–Crippen LogP) is 3.73. The second-order valence-electron chi connectivity index (χ2n) is 3.90. The highest BCUT2D eigenvalue weighted by atomic mass is 32.1. The first kappa shape index (κ1) is 10.3. The molecule has 0 aliphatic heterocycles. The summed E-state index contributed by atoms with van der Waals surface area (Å²) in [5, 5.41) is 9.55. The summed E-state index contributed by atoms with van der Waals surface area (Å²) >= 11 is 1.78. The normalized spacial score (nSPS) is 10.6. The smallest absolute Gasteiger partial charge is 0.0923 e. The summed E-state index contributed by atoms with van der Waals surface area (Å²) in [4.78, 5) is 1.35. The molecule has 0 amide bonds. The van der Waals surface area contributed by atoms with Gasteiger partial charge in [-0.05, 0) is 17.5 Å². The predicted molar refractivity (Wildman–Crippen MR) is 71.1 cm³/mol. The number of aromatic amines is 1. The lowest BCUT2D eigenvalue weighted by Gasteiger charge is -1.93. The number of aromatic nitrogens is 2. The highest BCUT2D eigenvalue weighted by Crippen LogP contribution is 2.19. The van der Waals surface area contributed by atoms with E-state index in [1.807, 2.05) is 18.2 Å². The van der Waals surface area contributed by atoms with Crippen LogP contribution < -0.4 is 0 Å². The van der Waals surface area contributed by atoms with E-state index >= 15 is 0 Å². The standard InChI is InChI=1S/C14H12N2S/c1-2-5-11(6-3-1)14-10-12(15-16-14)9-13-7-4-8-17-13/h1-8,10H,9H2,(H,15,16). The maximum absolute atomic E-state index is 4.35. The number of H-pyrrole nitrogens is 1. The van der Waals surface area contributed by atoms with E-state index in [1.165, 1.54) is 4.88 Å². The van der Waals surface area contributed by atoms with Crippen molar-refractivity contribution in [1.29, 1.82) is 0 Å². The van der Waals surface area contributed by atoms with Crippen LogP contribution in [0.15, 0.2) is 53.9 Å². The topological polar surface area (TPSA) is 28.7 Å². The molecule has 1 N–H and O–H groups in total. The van der Waals surface area contributed by atoms with E-state index in [-0.39, 0.29) is 0 Å². The highest BCUT2D eigenvalue weighted by molar-refractivity contribution is 7.09. The van der Waals surface area contributed by atoms with Gasteiger partial charge in [-0.1, -0.05) is 36.4 Å². The first-order valence-electron chi connectivity index (χ1n) is 5.54. The van der Waals surface area contributed by atoms with Crippen LogP contribution in [0.2, 0.25) is 0 Å². The Morgan fingerprint density at radius 2 is 1.94 bits per heavy atom. The number of hydrogen-bond acceptors (Lipinski definition) is 2. The van der Waals surface area contributed by atoms with Gasteiger partial charge >= 0.3 is 0 Å². The molecule has 0 spiro atoms. The minimum absolute atomic E-state index is 0.928. The molecule has 0 unspecified atom stereocenters. The highest BCUT2D eigenvalue weighted by Gasteiger charge is 2.04. The van der Waals surface area contributed by atoms with E-state index in [0.29, 0.717) is 0 Å². The zero-order valence-corrected chi connectivity index (χ0v) is 10.1. The van der Waals surface area contributed by atoms with Gasteiger partial charge in [-0.25, -0.2) is 0 Å². The summed E-state index contributed by atoms with van der Waals surface area (Å²) in [5.74, 6) is 0. The molecule has 0 saturated carbocycles. The number of nitrogens with one attached hydrogen (secondary N) is 1. The van der Waals surface area contributed by atoms with Crippen LogP contribution in [0.5, 0.6) is 0 Å². The van der Waals surface area contributed by atoms with Crippen molar-refractivity contribution in [3.63, 3.8) is 0 Å². The third-order valence-corrected chi connectivity index (χ3v) is 3.52. The molecular weight excluding hydrogens is 228 g/mol. The molecule has 0 aliphatic carbocycles. The molecule has 2 heterocycles. The summed E-state index contributed by atoms with van der Waals surface area (Å²) in [6.07, 6.45) is 0.928. The van der Waals surface area contributed by atoms with Crippen LogP contribution in [0.3, 0.4) is 0 Å². The summed E-state index contributed by atoms with van der Waals surface area (Å²) in [6, 6.07) is 16.6. The number of benzene rings is 1. The quantitative estimate of drug-likeness (QED) is 0.742. The van der Waals surface area contributed by atoms with Gasteiger partial charge in [0.25, 0.3) is 0 Å². The Morgan fingerprint density at radius 1 is 1.06 bits per heavy atom. The third kappa shape index (κ3) is 2.29. The molecule has 3 rings (SSSR count). The molecule has 3 aromatic rings. The van der Waals surface area contributed by atoms with Crippen LogP contribution in [0.1, 0.15) is 10.6 Å². The Labute approximate surface area is 104 Å². The van der Waals surface area contributed by atoms with E-state index in [2.05, 4.69) is 45.9 Å². The molecule has 3 heteroatoms. The Kier molecular flexibility index (Phi) is 2.76. The second-order valence-corrected chi connectivity index (χ2v) is 4.93. The largest absolute Gasteiger partial charge is 0.282 e. The van der Waals surface area contributed by atoms with Gasteiger partial charge in [0.2, 0.25) is 0 Å². The maximum atomic E-state index is 4.35. The van der Waals surface area contributed by atoms with Gasteiger partial charge in [0.15, 0.2) is 0 Å². The first-order valence-corrected chi connectivity index (χ1v) is 6.42. The van der Waals surface area contributed by atoms with Crippen molar-refractivity contribution in [2.24, 2.45) is 0 Å². The maximum Gasteiger partial charge on any atom is 0.0923 e. The van der Waals surface area contributed by atoms with Gasteiger partial charge in [0, 0.05) is 22.6 Å². The minimum atomic E-state index is 0.928.